The Labute approximate surface area is 143 Å². The van der Waals surface area contributed by atoms with Crippen molar-refractivity contribution in [3.05, 3.63) is 47.4 Å². The van der Waals surface area contributed by atoms with Crippen molar-refractivity contribution in [2.75, 3.05) is 6.54 Å². The van der Waals surface area contributed by atoms with Crippen LogP contribution in [0.25, 0.3) is 16.6 Å². The number of rotatable bonds is 2. The van der Waals surface area contributed by atoms with E-state index in [0.717, 1.165) is 10.9 Å². The number of nitrogens with one attached hydrogen (secondary N) is 1. The molecule has 25 heavy (non-hydrogen) atoms. The van der Waals surface area contributed by atoms with Gasteiger partial charge in [-0.2, -0.15) is 18.3 Å². The number of H-pyrrole nitrogens is 1. The lowest BCUT2D eigenvalue weighted by atomic mass is 10.0. The molecule has 0 spiro atoms. The van der Waals surface area contributed by atoms with E-state index in [1.807, 2.05) is 24.4 Å². The monoisotopic (exact) mass is 348 g/mol. The topological polar surface area (TPSA) is 36.9 Å². The fourth-order valence-corrected chi connectivity index (χ4v) is 3.49. The minimum absolute atomic E-state index is 0.276. The summed E-state index contributed by atoms with van der Waals surface area (Å²) in [6, 6.07) is 7.72. The third-order valence-electron chi connectivity index (χ3n) is 4.87. The highest BCUT2D eigenvalue weighted by Crippen LogP contribution is 2.36. The van der Waals surface area contributed by atoms with Crippen LogP contribution in [0.4, 0.5) is 13.2 Å². The average Bonchev–Trinajstić information content (AvgIpc) is 3.17. The maximum Gasteiger partial charge on any atom is 0.435 e. The number of aromatic nitrogens is 3. The summed E-state index contributed by atoms with van der Waals surface area (Å²) in [4.78, 5) is 5.27. The molecule has 2 aromatic heterocycles. The first-order valence-corrected chi connectivity index (χ1v) is 8.34. The fourth-order valence-electron chi connectivity index (χ4n) is 3.49. The van der Waals surface area contributed by atoms with Crippen LogP contribution in [-0.4, -0.2) is 32.3 Å². The van der Waals surface area contributed by atoms with Crippen LogP contribution in [0.15, 0.2) is 30.5 Å². The summed E-state index contributed by atoms with van der Waals surface area (Å²) < 4.78 is 41.9. The van der Waals surface area contributed by atoms with Gasteiger partial charge in [-0.3, -0.25) is 4.90 Å². The second kappa shape index (κ2) is 5.62. The van der Waals surface area contributed by atoms with Crippen molar-refractivity contribution in [2.24, 2.45) is 0 Å². The molecule has 0 aliphatic carbocycles. The molecule has 0 radical (unpaired) electrons. The van der Waals surface area contributed by atoms with Crippen LogP contribution in [-0.2, 0) is 19.1 Å². The van der Waals surface area contributed by atoms with Gasteiger partial charge in [0.15, 0.2) is 5.69 Å². The number of aromatic amines is 1. The predicted octanol–water partition coefficient (Wildman–Crippen LogP) is 4.14. The maximum absolute atomic E-state index is 13.5. The number of halogens is 3. The smallest absolute Gasteiger partial charge is 0.361 e. The van der Waals surface area contributed by atoms with Crippen LogP contribution >= 0.6 is 0 Å². The summed E-state index contributed by atoms with van der Waals surface area (Å²) >= 11 is 0. The molecule has 4 nitrogen and oxygen atoms in total. The van der Waals surface area contributed by atoms with E-state index in [-0.39, 0.29) is 6.04 Å². The summed E-state index contributed by atoms with van der Waals surface area (Å²) in [7, 11) is 0. The minimum Gasteiger partial charge on any atom is -0.361 e. The number of benzene rings is 1. The van der Waals surface area contributed by atoms with E-state index in [9.17, 15) is 13.2 Å². The second-order valence-corrected chi connectivity index (χ2v) is 6.75. The molecule has 1 N–H and O–H groups in total. The molecular weight excluding hydrogens is 329 g/mol. The SMILES string of the molecule is CC(C)N1CCc2c(C(F)(F)F)nn(-c3ccc4[nH]ccc4c3)c2C1. The van der Waals surface area contributed by atoms with Gasteiger partial charge in [-0.25, -0.2) is 4.68 Å². The molecule has 0 amide bonds. The third kappa shape index (κ3) is 2.72. The van der Waals surface area contributed by atoms with E-state index in [4.69, 9.17) is 0 Å². The van der Waals surface area contributed by atoms with Crippen molar-refractivity contribution in [1.82, 2.24) is 19.7 Å². The zero-order valence-electron chi connectivity index (χ0n) is 14.1. The van der Waals surface area contributed by atoms with Crippen molar-refractivity contribution in [3.63, 3.8) is 0 Å². The van der Waals surface area contributed by atoms with Gasteiger partial charge in [0.05, 0.1) is 11.4 Å². The summed E-state index contributed by atoms with van der Waals surface area (Å²) in [5.74, 6) is 0. The van der Waals surface area contributed by atoms with E-state index in [1.165, 1.54) is 4.68 Å². The molecule has 3 aromatic rings. The Hall–Kier alpha value is -2.28. The average molecular weight is 348 g/mol. The summed E-state index contributed by atoms with van der Waals surface area (Å²) in [5, 5.41) is 4.92. The van der Waals surface area contributed by atoms with Gasteiger partial charge < -0.3 is 4.98 Å². The fraction of sp³-hybridized carbons (Fsp3) is 0.389. The lowest BCUT2D eigenvalue weighted by Crippen LogP contribution is -2.36. The molecule has 3 heterocycles. The Kier molecular flexibility index (Phi) is 3.64. The lowest BCUT2D eigenvalue weighted by Gasteiger charge is -2.31. The Bertz CT molecular complexity index is 920. The standard InChI is InChI=1S/C18H19F3N4/c1-11(2)24-8-6-14-16(10-24)25(23-17(14)18(19,20)21)13-3-4-15-12(9-13)5-7-22-15/h3-5,7,9,11,22H,6,8,10H2,1-2H3. The van der Waals surface area contributed by atoms with Crippen LogP contribution in [0.2, 0.25) is 0 Å². The zero-order valence-corrected chi connectivity index (χ0v) is 14.1. The second-order valence-electron chi connectivity index (χ2n) is 6.75. The van der Waals surface area contributed by atoms with Gasteiger partial charge in [-0.15, -0.1) is 0 Å². The Morgan fingerprint density at radius 2 is 2.00 bits per heavy atom. The third-order valence-corrected chi connectivity index (χ3v) is 4.87. The molecule has 1 aliphatic rings. The van der Waals surface area contributed by atoms with Crippen molar-refractivity contribution in [3.8, 4) is 5.69 Å². The maximum atomic E-state index is 13.5. The summed E-state index contributed by atoms with van der Waals surface area (Å²) in [5.41, 5.74) is 1.83. The number of hydrogen-bond acceptors (Lipinski definition) is 2. The van der Waals surface area contributed by atoms with Crippen LogP contribution in [0.5, 0.6) is 0 Å². The number of alkyl halides is 3. The lowest BCUT2D eigenvalue weighted by molar-refractivity contribution is -0.142. The molecule has 0 saturated heterocycles. The Morgan fingerprint density at radius 3 is 2.72 bits per heavy atom. The molecule has 4 rings (SSSR count). The van der Waals surface area contributed by atoms with Crippen molar-refractivity contribution in [1.29, 1.82) is 0 Å². The predicted molar refractivity (Wildman–Crippen MR) is 89.7 cm³/mol. The highest BCUT2D eigenvalue weighted by Gasteiger charge is 2.40. The molecule has 7 heteroatoms. The number of hydrogen-bond donors (Lipinski definition) is 1. The highest BCUT2D eigenvalue weighted by molar-refractivity contribution is 5.81. The van der Waals surface area contributed by atoms with Gasteiger partial charge in [0.2, 0.25) is 0 Å². The van der Waals surface area contributed by atoms with Gasteiger partial charge in [-0.05, 0) is 44.5 Å². The molecular formula is C18H19F3N4. The molecule has 0 saturated carbocycles. The summed E-state index contributed by atoms with van der Waals surface area (Å²) in [6.45, 7) is 5.21. The molecule has 0 bridgehead atoms. The molecule has 1 aromatic carbocycles. The van der Waals surface area contributed by atoms with Crippen molar-refractivity contribution in [2.45, 2.75) is 39.0 Å². The summed E-state index contributed by atoms with van der Waals surface area (Å²) in [6.07, 6.45) is -2.25. The first-order valence-electron chi connectivity index (χ1n) is 8.34. The Morgan fingerprint density at radius 1 is 1.20 bits per heavy atom. The van der Waals surface area contributed by atoms with Crippen LogP contribution < -0.4 is 0 Å². The zero-order chi connectivity index (χ0) is 17.8. The largest absolute Gasteiger partial charge is 0.435 e. The van der Waals surface area contributed by atoms with Crippen LogP contribution in [0.3, 0.4) is 0 Å². The van der Waals surface area contributed by atoms with Crippen LogP contribution in [0.1, 0.15) is 30.8 Å². The molecule has 0 unspecified atom stereocenters. The van der Waals surface area contributed by atoms with Crippen LogP contribution in [0, 0.1) is 0 Å². The first kappa shape index (κ1) is 16.2. The first-order chi connectivity index (χ1) is 11.8. The van der Waals surface area contributed by atoms with E-state index in [1.54, 1.807) is 6.07 Å². The van der Waals surface area contributed by atoms with E-state index in [2.05, 4.69) is 28.8 Å². The van der Waals surface area contributed by atoms with Gasteiger partial charge >= 0.3 is 6.18 Å². The molecule has 0 fully saturated rings. The highest BCUT2D eigenvalue weighted by atomic mass is 19.4. The van der Waals surface area contributed by atoms with Gasteiger partial charge in [-0.1, -0.05) is 0 Å². The van der Waals surface area contributed by atoms with E-state index >= 15 is 0 Å². The molecule has 0 atom stereocenters. The number of fused-ring (bicyclic) bond motifs is 2. The minimum atomic E-state index is -4.44. The van der Waals surface area contributed by atoms with Crippen molar-refractivity contribution < 1.29 is 13.2 Å². The quantitative estimate of drug-likeness (QED) is 0.756. The van der Waals surface area contributed by atoms with E-state index < -0.39 is 11.9 Å². The molecule has 132 valence electrons. The van der Waals surface area contributed by atoms with Gasteiger partial charge in [0.25, 0.3) is 0 Å². The molecule has 1 aliphatic heterocycles. The number of nitrogens with zero attached hydrogens (tertiary/aromatic N) is 3. The van der Waals surface area contributed by atoms with Gasteiger partial charge in [0.1, 0.15) is 0 Å². The van der Waals surface area contributed by atoms with Gasteiger partial charge in [0, 0.05) is 41.8 Å². The Balaban J connectivity index is 1.88. The van der Waals surface area contributed by atoms with E-state index in [0.29, 0.717) is 36.5 Å². The normalized spacial score (nSPS) is 15.9. The van der Waals surface area contributed by atoms with Crippen molar-refractivity contribution >= 4 is 10.9 Å².